The zero-order valence-corrected chi connectivity index (χ0v) is 36.6. The van der Waals surface area contributed by atoms with Gasteiger partial charge in [0.15, 0.2) is 0 Å². The minimum absolute atomic E-state index is 0.863. The first-order valence-corrected chi connectivity index (χ1v) is 22.7. The van der Waals surface area contributed by atoms with Crippen molar-refractivity contribution in [2.24, 2.45) is 0 Å². The average molecular weight is 841 g/mol. The van der Waals surface area contributed by atoms with Crippen LogP contribution in [-0.2, 0) is 0 Å². The molecule has 0 fully saturated rings. The number of fused-ring (bicyclic) bond motifs is 3. The Labute approximate surface area is 385 Å². The van der Waals surface area contributed by atoms with Crippen molar-refractivity contribution >= 4 is 32.5 Å². The van der Waals surface area contributed by atoms with E-state index >= 15 is 0 Å². The van der Waals surface area contributed by atoms with E-state index < -0.39 is 0 Å². The second kappa shape index (κ2) is 16.6. The number of hydrogen-bond acceptors (Lipinski definition) is 1. The quantitative estimate of drug-likeness (QED) is 0.139. The molecule has 0 aliphatic heterocycles. The Hall–Kier alpha value is -8.52. The van der Waals surface area contributed by atoms with Gasteiger partial charge < -0.3 is 4.42 Å². The van der Waals surface area contributed by atoms with Gasteiger partial charge >= 0.3 is 0 Å². The SMILES string of the molecule is Cc1ccc(-c2c(-c3ccc(-c4ccccc4)cc3-c3ccccc3)oc3cc(-c4ccc5cc6cc(-c7ccc(-c8ccccc8)cc7-c7ccccc7)ccc6cc5c4)ccc23)cc1. The molecule has 0 unspecified atom stereocenters. The lowest BCUT2D eigenvalue weighted by Crippen LogP contribution is -1.89. The van der Waals surface area contributed by atoms with Gasteiger partial charge in [-0.05, 0) is 155 Å². The maximum absolute atomic E-state index is 7.10. The Balaban J connectivity index is 0.942. The van der Waals surface area contributed by atoms with Crippen molar-refractivity contribution in [1.29, 1.82) is 0 Å². The molecular formula is C65H44O. The molecule has 0 N–H and O–H groups in total. The van der Waals surface area contributed by atoms with Crippen LogP contribution in [0, 0.1) is 6.92 Å². The zero-order chi connectivity index (χ0) is 44.0. The van der Waals surface area contributed by atoms with E-state index in [-0.39, 0.29) is 0 Å². The molecule has 0 atom stereocenters. The van der Waals surface area contributed by atoms with E-state index in [0.717, 1.165) is 55.7 Å². The van der Waals surface area contributed by atoms with Gasteiger partial charge in [-0.2, -0.15) is 0 Å². The molecule has 1 nitrogen and oxygen atoms in total. The van der Waals surface area contributed by atoms with E-state index in [1.165, 1.54) is 71.6 Å². The molecule has 1 heteroatoms. The van der Waals surface area contributed by atoms with Crippen LogP contribution in [0.5, 0.6) is 0 Å². The van der Waals surface area contributed by atoms with Gasteiger partial charge in [-0.1, -0.05) is 200 Å². The number of aryl methyl sites for hydroxylation is 1. The highest BCUT2D eigenvalue weighted by atomic mass is 16.3. The van der Waals surface area contributed by atoms with Crippen molar-refractivity contribution in [3.63, 3.8) is 0 Å². The first-order valence-electron chi connectivity index (χ1n) is 22.7. The fourth-order valence-electron chi connectivity index (χ4n) is 9.69. The fourth-order valence-corrected chi connectivity index (χ4v) is 9.69. The predicted octanol–water partition coefficient (Wildman–Crippen LogP) is 18.4. The average Bonchev–Trinajstić information content (AvgIpc) is 3.77. The van der Waals surface area contributed by atoms with Crippen LogP contribution in [0.15, 0.2) is 253 Å². The van der Waals surface area contributed by atoms with Crippen molar-refractivity contribution in [2.75, 3.05) is 0 Å². The third kappa shape index (κ3) is 7.27. The van der Waals surface area contributed by atoms with Crippen LogP contribution in [0.3, 0.4) is 0 Å². The van der Waals surface area contributed by atoms with E-state index in [1.807, 2.05) is 0 Å². The number of rotatable bonds is 8. The molecule has 0 radical (unpaired) electrons. The van der Waals surface area contributed by atoms with Gasteiger partial charge in [-0.15, -0.1) is 0 Å². The highest BCUT2D eigenvalue weighted by Gasteiger charge is 2.22. The van der Waals surface area contributed by atoms with E-state index in [4.69, 9.17) is 4.42 Å². The molecule has 66 heavy (non-hydrogen) atoms. The lowest BCUT2D eigenvalue weighted by molar-refractivity contribution is 0.633. The van der Waals surface area contributed by atoms with Crippen molar-refractivity contribution in [3.05, 3.63) is 254 Å². The summed E-state index contributed by atoms with van der Waals surface area (Å²) < 4.78 is 7.10. The second-order valence-electron chi connectivity index (χ2n) is 17.3. The van der Waals surface area contributed by atoms with Crippen molar-refractivity contribution < 1.29 is 4.42 Å². The van der Waals surface area contributed by atoms with Crippen LogP contribution in [0.4, 0.5) is 0 Å². The third-order valence-electron chi connectivity index (χ3n) is 13.1. The molecular weight excluding hydrogens is 797 g/mol. The van der Waals surface area contributed by atoms with Crippen LogP contribution in [0.2, 0.25) is 0 Å². The largest absolute Gasteiger partial charge is 0.455 e. The van der Waals surface area contributed by atoms with Gasteiger partial charge in [0.25, 0.3) is 0 Å². The number of hydrogen-bond donors (Lipinski definition) is 0. The van der Waals surface area contributed by atoms with Gasteiger partial charge in [0.05, 0.1) is 0 Å². The van der Waals surface area contributed by atoms with Crippen LogP contribution in [0.1, 0.15) is 5.56 Å². The Morgan fingerprint density at radius 2 is 0.682 bits per heavy atom. The molecule has 0 aliphatic carbocycles. The van der Waals surface area contributed by atoms with Gasteiger partial charge in [0.2, 0.25) is 0 Å². The molecule has 11 aromatic carbocycles. The van der Waals surface area contributed by atoms with Crippen molar-refractivity contribution in [2.45, 2.75) is 6.92 Å². The maximum Gasteiger partial charge on any atom is 0.143 e. The lowest BCUT2D eigenvalue weighted by Gasteiger charge is -2.14. The predicted molar refractivity (Wildman–Crippen MR) is 279 cm³/mol. The second-order valence-corrected chi connectivity index (χ2v) is 17.3. The van der Waals surface area contributed by atoms with Crippen LogP contribution >= 0.6 is 0 Å². The minimum atomic E-state index is 0.863. The van der Waals surface area contributed by atoms with E-state index in [1.54, 1.807) is 0 Å². The summed E-state index contributed by atoms with van der Waals surface area (Å²) >= 11 is 0. The van der Waals surface area contributed by atoms with Gasteiger partial charge in [0.1, 0.15) is 11.3 Å². The summed E-state index contributed by atoms with van der Waals surface area (Å²) in [5.74, 6) is 0.872. The Morgan fingerprint density at radius 1 is 0.258 bits per heavy atom. The van der Waals surface area contributed by atoms with Crippen molar-refractivity contribution in [3.8, 4) is 89.2 Å². The van der Waals surface area contributed by atoms with Gasteiger partial charge in [-0.25, -0.2) is 0 Å². The Bertz CT molecular complexity index is 3710. The highest BCUT2D eigenvalue weighted by Crippen LogP contribution is 2.46. The Kier molecular flexibility index (Phi) is 9.81. The molecule has 0 saturated heterocycles. The number of furan rings is 1. The standard InChI is InChI=1S/C65H44O/c1-43-22-24-48(25-23-43)64-60-35-32-54(42-63(60)66-65(64)59-34-31-53(45-16-8-3-9-17-45)41-62(59)47-20-12-5-13-21-47)49-26-27-50-38-57-39-55(29-28-51(57)37-56(50)36-49)58-33-30-52(44-14-6-2-7-15-44)40-61(58)46-18-10-4-11-19-46/h2-42H,1H3. The molecule has 1 heterocycles. The van der Waals surface area contributed by atoms with E-state index in [9.17, 15) is 0 Å². The van der Waals surface area contributed by atoms with Crippen LogP contribution in [0.25, 0.3) is 122 Å². The summed E-state index contributed by atoms with van der Waals surface area (Å²) in [6, 6.07) is 90.2. The number of benzene rings is 11. The first-order chi connectivity index (χ1) is 32.6. The van der Waals surface area contributed by atoms with Gasteiger partial charge in [-0.3, -0.25) is 0 Å². The summed E-state index contributed by atoms with van der Waals surface area (Å²) in [5.41, 5.74) is 19.6. The molecule has 0 bridgehead atoms. The van der Waals surface area contributed by atoms with E-state index in [2.05, 4.69) is 256 Å². The van der Waals surface area contributed by atoms with Gasteiger partial charge in [0, 0.05) is 16.5 Å². The third-order valence-corrected chi connectivity index (χ3v) is 13.1. The van der Waals surface area contributed by atoms with Crippen molar-refractivity contribution in [1.82, 2.24) is 0 Å². The summed E-state index contributed by atoms with van der Waals surface area (Å²) in [5, 5.41) is 5.94. The zero-order valence-electron chi connectivity index (χ0n) is 36.6. The summed E-state index contributed by atoms with van der Waals surface area (Å²) in [4.78, 5) is 0. The molecule has 1 aromatic heterocycles. The highest BCUT2D eigenvalue weighted by molar-refractivity contribution is 6.06. The summed E-state index contributed by atoms with van der Waals surface area (Å²) in [7, 11) is 0. The van der Waals surface area contributed by atoms with Crippen LogP contribution < -0.4 is 0 Å². The van der Waals surface area contributed by atoms with Crippen LogP contribution in [-0.4, -0.2) is 0 Å². The molecule has 12 aromatic rings. The van der Waals surface area contributed by atoms with E-state index in [0.29, 0.717) is 0 Å². The smallest absolute Gasteiger partial charge is 0.143 e. The maximum atomic E-state index is 7.10. The summed E-state index contributed by atoms with van der Waals surface area (Å²) in [6.45, 7) is 2.14. The molecule has 310 valence electrons. The monoisotopic (exact) mass is 840 g/mol. The lowest BCUT2D eigenvalue weighted by atomic mass is 9.89. The molecule has 12 rings (SSSR count). The normalized spacial score (nSPS) is 11.4. The molecule has 0 spiro atoms. The summed E-state index contributed by atoms with van der Waals surface area (Å²) in [6.07, 6.45) is 0. The topological polar surface area (TPSA) is 13.1 Å². The first kappa shape index (κ1) is 39.1. The molecule has 0 aliphatic rings. The minimum Gasteiger partial charge on any atom is -0.455 e. The molecule has 0 amide bonds. The Morgan fingerprint density at radius 3 is 1.26 bits per heavy atom. The fraction of sp³-hybridized carbons (Fsp3) is 0.0154. The molecule has 0 saturated carbocycles.